The maximum Gasteiger partial charge on any atom is 0.221 e. The zero-order chi connectivity index (χ0) is 14.5. The number of benzene rings is 1. The first-order chi connectivity index (χ1) is 9.65. The van der Waals surface area contributed by atoms with Crippen molar-refractivity contribution in [1.82, 2.24) is 9.97 Å². The molecule has 0 fully saturated rings. The van der Waals surface area contributed by atoms with E-state index in [-0.39, 0.29) is 6.04 Å². The van der Waals surface area contributed by atoms with Gasteiger partial charge in [0.2, 0.25) is 5.88 Å². The fourth-order valence-corrected chi connectivity index (χ4v) is 2.02. The van der Waals surface area contributed by atoms with Gasteiger partial charge in [0, 0.05) is 12.6 Å². The Morgan fingerprint density at radius 3 is 2.55 bits per heavy atom. The van der Waals surface area contributed by atoms with Crippen molar-refractivity contribution in [3.63, 3.8) is 0 Å². The Morgan fingerprint density at radius 2 is 1.95 bits per heavy atom. The van der Waals surface area contributed by atoms with E-state index in [2.05, 4.69) is 34.3 Å². The molecular formula is C15H20N4O. The Morgan fingerprint density at radius 1 is 1.25 bits per heavy atom. The van der Waals surface area contributed by atoms with E-state index in [1.807, 2.05) is 19.1 Å². The smallest absolute Gasteiger partial charge is 0.221 e. The van der Waals surface area contributed by atoms with Crippen LogP contribution in [0.1, 0.15) is 29.7 Å². The molecule has 5 heteroatoms. The Labute approximate surface area is 119 Å². The van der Waals surface area contributed by atoms with Crippen LogP contribution in [0.3, 0.4) is 0 Å². The lowest BCUT2D eigenvalue weighted by atomic mass is 10.1. The Bertz CT molecular complexity index is 569. The molecule has 106 valence electrons. The molecule has 1 heterocycles. The highest BCUT2D eigenvalue weighted by Crippen LogP contribution is 2.24. The summed E-state index contributed by atoms with van der Waals surface area (Å²) in [5, 5.41) is 3.38. The van der Waals surface area contributed by atoms with Crippen molar-refractivity contribution < 1.29 is 4.74 Å². The van der Waals surface area contributed by atoms with E-state index in [0.717, 1.165) is 16.9 Å². The Balaban J connectivity index is 2.16. The second-order valence-electron chi connectivity index (χ2n) is 4.67. The molecule has 0 aliphatic heterocycles. The summed E-state index contributed by atoms with van der Waals surface area (Å²) in [6, 6.07) is 8.38. The molecule has 0 spiro atoms. The van der Waals surface area contributed by atoms with Crippen LogP contribution in [0.4, 0.5) is 5.82 Å². The first-order valence-corrected chi connectivity index (χ1v) is 6.56. The number of hydrogen-bond donors (Lipinski definition) is 2. The van der Waals surface area contributed by atoms with E-state index in [1.54, 1.807) is 7.11 Å². The number of nitrogens with one attached hydrogen (secondary N) is 1. The van der Waals surface area contributed by atoms with Crippen LogP contribution in [0.2, 0.25) is 0 Å². The molecule has 3 N–H and O–H groups in total. The van der Waals surface area contributed by atoms with E-state index in [1.165, 1.54) is 11.9 Å². The van der Waals surface area contributed by atoms with Crippen molar-refractivity contribution in [2.45, 2.75) is 26.4 Å². The van der Waals surface area contributed by atoms with E-state index < -0.39 is 0 Å². The summed E-state index contributed by atoms with van der Waals surface area (Å²) >= 11 is 0. The summed E-state index contributed by atoms with van der Waals surface area (Å²) in [7, 11) is 1.61. The van der Waals surface area contributed by atoms with E-state index >= 15 is 0 Å². The van der Waals surface area contributed by atoms with Gasteiger partial charge in [-0.05, 0) is 25.0 Å². The van der Waals surface area contributed by atoms with Crippen molar-refractivity contribution in [1.29, 1.82) is 0 Å². The van der Waals surface area contributed by atoms with Crippen molar-refractivity contribution in [3.8, 4) is 5.88 Å². The molecule has 0 aliphatic carbocycles. The highest BCUT2D eigenvalue weighted by molar-refractivity contribution is 5.49. The van der Waals surface area contributed by atoms with Crippen LogP contribution < -0.4 is 15.8 Å². The SMILES string of the molecule is COc1ncnc(NC(C)c2ccc(CN)cc2)c1C. The minimum absolute atomic E-state index is 0.139. The third-order valence-corrected chi connectivity index (χ3v) is 3.30. The monoisotopic (exact) mass is 272 g/mol. The van der Waals surface area contributed by atoms with Gasteiger partial charge >= 0.3 is 0 Å². The largest absolute Gasteiger partial charge is 0.481 e. The summed E-state index contributed by atoms with van der Waals surface area (Å²) in [6.07, 6.45) is 1.50. The molecule has 1 atom stereocenters. The molecule has 0 saturated carbocycles. The van der Waals surface area contributed by atoms with Gasteiger partial charge in [-0.1, -0.05) is 24.3 Å². The van der Waals surface area contributed by atoms with Gasteiger partial charge in [-0.25, -0.2) is 9.97 Å². The molecular weight excluding hydrogens is 252 g/mol. The molecule has 0 aliphatic rings. The molecule has 1 aromatic heterocycles. The fraction of sp³-hybridized carbons (Fsp3) is 0.333. The zero-order valence-electron chi connectivity index (χ0n) is 12.1. The average molecular weight is 272 g/mol. The third kappa shape index (κ3) is 3.05. The lowest BCUT2D eigenvalue weighted by Crippen LogP contribution is -2.10. The molecule has 2 rings (SSSR count). The number of nitrogens with two attached hydrogens (primary N) is 1. The van der Waals surface area contributed by atoms with Gasteiger partial charge in [0.25, 0.3) is 0 Å². The predicted molar refractivity (Wildman–Crippen MR) is 79.7 cm³/mol. The van der Waals surface area contributed by atoms with Crippen molar-refractivity contribution in [3.05, 3.63) is 47.3 Å². The normalized spacial score (nSPS) is 12.0. The Kier molecular flexibility index (Phi) is 4.53. The van der Waals surface area contributed by atoms with Crippen LogP contribution in [0.15, 0.2) is 30.6 Å². The van der Waals surface area contributed by atoms with Gasteiger partial charge in [0.15, 0.2) is 0 Å². The first-order valence-electron chi connectivity index (χ1n) is 6.56. The van der Waals surface area contributed by atoms with Crippen LogP contribution in [-0.2, 0) is 6.54 Å². The minimum atomic E-state index is 0.139. The second-order valence-corrected chi connectivity index (χ2v) is 4.67. The van der Waals surface area contributed by atoms with Crippen LogP contribution >= 0.6 is 0 Å². The zero-order valence-corrected chi connectivity index (χ0v) is 12.1. The van der Waals surface area contributed by atoms with Gasteiger partial charge in [-0.3, -0.25) is 0 Å². The van der Waals surface area contributed by atoms with Gasteiger partial charge in [0.1, 0.15) is 12.1 Å². The maximum absolute atomic E-state index is 5.60. The highest BCUT2D eigenvalue weighted by atomic mass is 16.5. The first kappa shape index (κ1) is 14.3. The van der Waals surface area contributed by atoms with Crippen LogP contribution in [0, 0.1) is 6.92 Å². The van der Waals surface area contributed by atoms with Gasteiger partial charge in [-0.15, -0.1) is 0 Å². The van der Waals surface area contributed by atoms with Gasteiger partial charge < -0.3 is 15.8 Å². The molecule has 0 amide bonds. The summed E-state index contributed by atoms with van der Waals surface area (Å²) < 4.78 is 5.20. The summed E-state index contributed by atoms with van der Waals surface area (Å²) in [6.45, 7) is 4.58. The molecule has 5 nitrogen and oxygen atoms in total. The lowest BCUT2D eigenvalue weighted by molar-refractivity contribution is 0.393. The molecule has 1 aromatic carbocycles. The summed E-state index contributed by atoms with van der Waals surface area (Å²) in [4.78, 5) is 8.34. The number of hydrogen-bond acceptors (Lipinski definition) is 5. The van der Waals surface area contributed by atoms with Crippen LogP contribution in [0.25, 0.3) is 0 Å². The molecule has 2 aromatic rings. The maximum atomic E-state index is 5.60. The predicted octanol–water partition coefficient (Wildman–Crippen LogP) is 2.43. The summed E-state index contributed by atoms with van der Waals surface area (Å²) in [5.74, 6) is 1.38. The van der Waals surface area contributed by atoms with Crippen molar-refractivity contribution >= 4 is 5.82 Å². The minimum Gasteiger partial charge on any atom is -0.481 e. The third-order valence-electron chi connectivity index (χ3n) is 3.30. The average Bonchev–Trinajstić information content (AvgIpc) is 2.49. The Hall–Kier alpha value is -2.14. The van der Waals surface area contributed by atoms with Crippen molar-refractivity contribution in [2.75, 3.05) is 12.4 Å². The number of aromatic nitrogens is 2. The van der Waals surface area contributed by atoms with Crippen LogP contribution in [0.5, 0.6) is 5.88 Å². The molecule has 0 bridgehead atoms. The lowest BCUT2D eigenvalue weighted by Gasteiger charge is -2.17. The van der Waals surface area contributed by atoms with E-state index in [9.17, 15) is 0 Å². The van der Waals surface area contributed by atoms with E-state index in [0.29, 0.717) is 12.4 Å². The molecule has 0 radical (unpaired) electrons. The topological polar surface area (TPSA) is 73.1 Å². The molecule has 0 saturated heterocycles. The standard InChI is InChI=1S/C15H20N4O/c1-10-14(17-9-18-15(10)20-3)19-11(2)13-6-4-12(8-16)5-7-13/h4-7,9,11H,8,16H2,1-3H3,(H,17,18,19). The second kappa shape index (κ2) is 6.34. The molecule has 1 unspecified atom stereocenters. The number of anilines is 1. The number of nitrogens with zero attached hydrogens (tertiary/aromatic N) is 2. The summed E-state index contributed by atoms with van der Waals surface area (Å²) in [5.41, 5.74) is 8.81. The van der Waals surface area contributed by atoms with Gasteiger partial charge in [-0.2, -0.15) is 0 Å². The number of rotatable bonds is 5. The quantitative estimate of drug-likeness (QED) is 0.874. The van der Waals surface area contributed by atoms with Gasteiger partial charge in [0.05, 0.1) is 12.7 Å². The van der Waals surface area contributed by atoms with Crippen LogP contribution in [-0.4, -0.2) is 17.1 Å². The fourth-order valence-electron chi connectivity index (χ4n) is 2.02. The highest BCUT2D eigenvalue weighted by Gasteiger charge is 2.11. The molecule has 20 heavy (non-hydrogen) atoms. The number of methoxy groups -OCH3 is 1. The van der Waals surface area contributed by atoms with E-state index in [4.69, 9.17) is 10.5 Å². The van der Waals surface area contributed by atoms with Crippen molar-refractivity contribution in [2.24, 2.45) is 5.73 Å². The number of ether oxygens (including phenoxy) is 1.